The zero-order valence-corrected chi connectivity index (χ0v) is 19.8. The lowest BCUT2D eigenvalue weighted by Crippen LogP contribution is -2.37. The second-order valence-electron chi connectivity index (χ2n) is 7.81. The number of amidine groups is 1. The number of sulfonamides is 1. The Bertz CT molecular complexity index is 1240. The van der Waals surface area contributed by atoms with Crippen molar-refractivity contribution >= 4 is 31.6 Å². The van der Waals surface area contributed by atoms with Crippen LogP contribution in [0.4, 0.5) is 0 Å². The summed E-state index contributed by atoms with van der Waals surface area (Å²) >= 11 is 0. The van der Waals surface area contributed by atoms with Gasteiger partial charge in [0.15, 0.2) is 9.84 Å². The van der Waals surface area contributed by atoms with Crippen LogP contribution in [-0.4, -0.2) is 40.9 Å². The Morgan fingerprint density at radius 2 is 1.78 bits per heavy atom. The van der Waals surface area contributed by atoms with Crippen LogP contribution in [0.2, 0.25) is 0 Å². The second-order valence-corrected chi connectivity index (χ2v) is 11.5. The van der Waals surface area contributed by atoms with Crippen LogP contribution in [0, 0.1) is 0 Å². The Morgan fingerprint density at radius 3 is 2.41 bits per heavy atom. The molecule has 0 aromatic heterocycles. The van der Waals surface area contributed by atoms with Crippen LogP contribution in [0.5, 0.6) is 0 Å². The van der Waals surface area contributed by atoms with Gasteiger partial charge in [-0.1, -0.05) is 44.0 Å². The molecule has 2 N–H and O–H groups in total. The minimum Gasteiger partial charge on any atom is -0.348 e. The van der Waals surface area contributed by atoms with Crippen molar-refractivity contribution in [3.8, 4) is 0 Å². The third kappa shape index (κ3) is 5.36. The molecule has 8 nitrogen and oxygen atoms in total. The van der Waals surface area contributed by atoms with Gasteiger partial charge in [-0.2, -0.15) is 0 Å². The van der Waals surface area contributed by atoms with Crippen molar-refractivity contribution in [1.29, 1.82) is 0 Å². The van der Waals surface area contributed by atoms with Gasteiger partial charge in [-0.05, 0) is 43.2 Å². The molecule has 0 saturated carbocycles. The Hall–Kier alpha value is -2.72. The molecule has 2 unspecified atom stereocenters. The van der Waals surface area contributed by atoms with E-state index in [0.29, 0.717) is 12.0 Å². The van der Waals surface area contributed by atoms with Gasteiger partial charge in [0.2, 0.25) is 5.91 Å². The number of benzene rings is 2. The first-order chi connectivity index (χ1) is 15.0. The van der Waals surface area contributed by atoms with E-state index in [1.807, 2.05) is 6.92 Å². The maximum Gasteiger partial charge on any atom is 0.263 e. The van der Waals surface area contributed by atoms with Gasteiger partial charge in [0.1, 0.15) is 11.9 Å². The van der Waals surface area contributed by atoms with E-state index in [1.54, 1.807) is 37.3 Å². The highest BCUT2D eigenvalue weighted by atomic mass is 32.2. The highest BCUT2D eigenvalue weighted by Gasteiger charge is 2.32. The summed E-state index contributed by atoms with van der Waals surface area (Å²) in [7, 11) is -6.99. The molecule has 0 aliphatic carbocycles. The number of hydrogen-bond acceptors (Lipinski definition) is 6. The van der Waals surface area contributed by atoms with E-state index in [9.17, 15) is 21.6 Å². The fraction of sp³-hybridized carbons (Fsp3) is 0.364. The molecule has 172 valence electrons. The van der Waals surface area contributed by atoms with E-state index in [0.717, 1.165) is 24.7 Å². The van der Waals surface area contributed by atoms with Crippen LogP contribution >= 0.6 is 0 Å². The second kappa shape index (κ2) is 9.41. The van der Waals surface area contributed by atoms with Crippen molar-refractivity contribution in [2.45, 2.75) is 55.0 Å². The molecular weight excluding hydrogens is 450 g/mol. The van der Waals surface area contributed by atoms with Crippen molar-refractivity contribution in [3.63, 3.8) is 0 Å². The van der Waals surface area contributed by atoms with E-state index < -0.39 is 25.9 Å². The summed E-state index contributed by atoms with van der Waals surface area (Å²) in [5.41, 5.74) is 1.20. The molecule has 1 heterocycles. The van der Waals surface area contributed by atoms with Crippen molar-refractivity contribution < 1.29 is 21.6 Å². The predicted octanol–water partition coefficient (Wildman–Crippen LogP) is 2.56. The molecule has 1 aliphatic rings. The number of fused-ring (bicyclic) bond motifs is 1. The van der Waals surface area contributed by atoms with Gasteiger partial charge in [0.05, 0.1) is 15.8 Å². The molecule has 10 heteroatoms. The Kier molecular flexibility index (Phi) is 7.04. The van der Waals surface area contributed by atoms with E-state index >= 15 is 0 Å². The number of nitrogens with zero attached hydrogens (tertiary/aromatic N) is 1. The lowest BCUT2D eigenvalue weighted by atomic mass is 10.1. The number of rotatable bonds is 8. The fourth-order valence-electron chi connectivity index (χ4n) is 3.43. The number of sulfone groups is 1. The zero-order valence-electron chi connectivity index (χ0n) is 18.2. The van der Waals surface area contributed by atoms with Gasteiger partial charge in [-0.15, -0.1) is 0 Å². The number of aliphatic imine (C=N–C) groups is 1. The molecule has 0 radical (unpaired) electrons. The Labute approximate surface area is 189 Å². The van der Waals surface area contributed by atoms with Crippen LogP contribution in [-0.2, 0) is 24.7 Å². The summed E-state index contributed by atoms with van der Waals surface area (Å²) < 4.78 is 50.4. The van der Waals surface area contributed by atoms with E-state index in [4.69, 9.17) is 0 Å². The Balaban J connectivity index is 1.82. The third-order valence-corrected chi connectivity index (χ3v) is 7.77. The monoisotopic (exact) mass is 477 g/mol. The molecule has 2 atom stereocenters. The number of carbonyl (C=O) groups excluding carboxylic acids is 1. The molecule has 2 aromatic carbocycles. The molecular formula is C22H27N3O5S2. The summed E-state index contributed by atoms with van der Waals surface area (Å²) in [6.07, 6.45) is 3.22. The average molecular weight is 478 g/mol. The van der Waals surface area contributed by atoms with E-state index in [1.165, 1.54) is 18.2 Å². The smallest absolute Gasteiger partial charge is 0.263 e. The van der Waals surface area contributed by atoms with Crippen LogP contribution < -0.4 is 10.0 Å². The number of hydrogen-bond donors (Lipinski definition) is 2. The highest BCUT2D eigenvalue weighted by molar-refractivity contribution is 7.91. The number of carbonyl (C=O) groups is 1. The van der Waals surface area contributed by atoms with Crippen LogP contribution in [0.25, 0.3) is 0 Å². The lowest BCUT2D eigenvalue weighted by Gasteiger charge is -2.19. The molecule has 0 fully saturated rings. The fourth-order valence-corrected chi connectivity index (χ4v) is 5.30. The summed E-state index contributed by atoms with van der Waals surface area (Å²) in [4.78, 5) is 17.9. The van der Waals surface area contributed by atoms with Crippen molar-refractivity contribution in [3.05, 3.63) is 59.7 Å². The topological polar surface area (TPSA) is 122 Å². The summed E-state index contributed by atoms with van der Waals surface area (Å²) in [5.74, 6) is -0.156. The quantitative estimate of drug-likeness (QED) is 0.605. The van der Waals surface area contributed by atoms with Crippen molar-refractivity contribution in [1.82, 2.24) is 10.0 Å². The average Bonchev–Trinajstić information content (AvgIpc) is 3.00. The van der Waals surface area contributed by atoms with Crippen LogP contribution in [0.15, 0.2) is 63.3 Å². The molecule has 2 aromatic rings. The number of amides is 1. The minimum absolute atomic E-state index is 0.146. The first-order valence-electron chi connectivity index (χ1n) is 10.3. The first-order valence-corrected chi connectivity index (χ1v) is 13.7. The van der Waals surface area contributed by atoms with Gasteiger partial charge in [-0.25, -0.2) is 16.8 Å². The summed E-state index contributed by atoms with van der Waals surface area (Å²) in [5, 5.41) is 2.91. The van der Waals surface area contributed by atoms with Crippen LogP contribution in [0.1, 0.15) is 50.3 Å². The molecule has 0 spiro atoms. The van der Waals surface area contributed by atoms with Gasteiger partial charge < -0.3 is 5.32 Å². The zero-order chi connectivity index (χ0) is 23.5. The first kappa shape index (κ1) is 23.9. The molecule has 1 amide bonds. The minimum atomic E-state index is -3.69. The predicted molar refractivity (Wildman–Crippen MR) is 123 cm³/mol. The largest absolute Gasteiger partial charge is 0.348 e. The summed E-state index contributed by atoms with van der Waals surface area (Å²) in [6, 6.07) is 11.7. The van der Waals surface area contributed by atoms with Gasteiger partial charge in [-0.3, -0.25) is 14.5 Å². The molecule has 1 aliphatic heterocycles. The number of unbranched alkanes of at least 4 members (excludes halogenated alkanes) is 1. The maximum atomic E-state index is 13.0. The van der Waals surface area contributed by atoms with Crippen molar-refractivity contribution in [2.75, 3.05) is 6.26 Å². The third-order valence-electron chi connectivity index (χ3n) is 5.25. The molecule has 32 heavy (non-hydrogen) atoms. The van der Waals surface area contributed by atoms with Crippen molar-refractivity contribution in [2.24, 2.45) is 4.99 Å². The maximum absolute atomic E-state index is 13.0. The highest BCUT2D eigenvalue weighted by Crippen LogP contribution is 2.23. The van der Waals surface area contributed by atoms with Gasteiger partial charge in [0, 0.05) is 11.8 Å². The molecule has 0 saturated heterocycles. The van der Waals surface area contributed by atoms with Crippen LogP contribution in [0.3, 0.4) is 0 Å². The standard InChI is InChI=1S/C22H27N3O5S2/c1-4-5-9-19(24-21-18-8-6-7-10-20(18)32(29,30)25-21)22(26)23-15(2)16-11-13-17(14-12-16)31(3,27)28/h6-8,10-15,19H,4-5,9H2,1-3H3,(H,23,26)(H,24,25). The van der Waals surface area contributed by atoms with E-state index in [2.05, 4.69) is 15.0 Å². The molecule has 0 bridgehead atoms. The summed E-state index contributed by atoms with van der Waals surface area (Å²) in [6.45, 7) is 3.80. The normalized spacial score (nSPS) is 17.9. The SMILES string of the molecule is CCCCC(N=C1NS(=O)(=O)c2ccccc21)C(=O)NC(C)c1ccc(S(C)(=O)=O)cc1. The van der Waals surface area contributed by atoms with E-state index in [-0.39, 0.29) is 27.6 Å². The number of nitrogens with one attached hydrogen (secondary N) is 2. The lowest BCUT2D eigenvalue weighted by molar-refractivity contribution is -0.123. The Morgan fingerprint density at radius 1 is 1.12 bits per heavy atom. The molecule has 3 rings (SSSR count). The van der Waals surface area contributed by atoms with Gasteiger partial charge in [0.25, 0.3) is 10.0 Å². The van der Waals surface area contributed by atoms with Gasteiger partial charge >= 0.3 is 0 Å².